The van der Waals surface area contributed by atoms with E-state index in [9.17, 15) is 4.79 Å². The molecule has 0 aliphatic rings. The summed E-state index contributed by atoms with van der Waals surface area (Å²) in [6.07, 6.45) is 0.288. The van der Waals surface area contributed by atoms with Crippen LogP contribution in [0.2, 0.25) is 0 Å². The van der Waals surface area contributed by atoms with Gasteiger partial charge in [0.1, 0.15) is 5.78 Å². The molecule has 0 unspecified atom stereocenters. The standard InChI is InChI=1S/C11H10BrN3OS/c1-7(16)5-10-14-11(17-15-10)13-9-4-2-3-8(12)6-9/h2-4,6H,5H2,1H3,(H,13,14,15). The summed E-state index contributed by atoms with van der Waals surface area (Å²) in [5.74, 6) is 0.636. The maximum atomic E-state index is 10.9. The summed E-state index contributed by atoms with van der Waals surface area (Å²) in [6.45, 7) is 1.53. The van der Waals surface area contributed by atoms with Crippen molar-refractivity contribution in [2.45, 2.75) is 13.3 Å². The van der Waals surface area contributed by atoms with Crippen molar-refractivity contribution in [3.8, 4) is 0 Å². The highest BCUT2D eigenvalue weighted by molar-refractivity contribution is 9.10. The lowest BCUT2D eigenvalue weighted by atomic mass is 10.3. The maximum Gasteiger partial charge on any atom is 0.207 e. The monoisotopic (exact) mass is 311 g/mol. The fourth-order valence-electron chi connectivity index (χ4n) is 1.29. The van der Waals surface area contributed by atoms with Crippen LogP contribution >= 0.6 is 27.5 Å². The average molecular weight is 312 g/mol. The molecule has 0 aliphatic heterocycles. The number of Topliss-reactive ketones (excluding diaryl/α,β-unsaturated/α-hetero) is 1. The molecule has 0 radical (unpaired) electrons. The van der Waals surface area contributed by atoms with Crippen LogP contribution in [0.3, 0.4) is 0 Å². The summed E-state index contributed by atoms with van der Waals surface area (Å²) in [5.41, 5.74) is 0.935. The summed E-state index contributed by atoms with van der Waals surface area (Å²) in [5, 5.41) is 3.84. The summed E-state index contributed by atoms with van der Waals surface area (Å²) in [4.78, 5) is 15.2. The fraction of sp³-hybridized carbons (Fsp3) is 0.182. The molecule has 2 rings (SSSR count). The number of benzene rings is 1. The highest BCUT2D eigenvalue weighted by Crippen LogP contribution is 2.21. The zero-order chi connectivity index (χ0) is 12.3. The third-order valence-electron chi connectivity index (χ3n) is 1.95. The van der Waals surface area contributed by atoms with Crippen LogP contribution in [-0.2, 0) is 11.2 Å². The van der Waals surface area contributed by atoms with Gasteiger partial charge in [-0.1, -0.05) is 22.0 Å². The molecule has 0 amide bonds. The first-order valence-electron chi connectivity index (χ1n) is 4.98. The van der Waals surface area contributed by atoms with Gasteiger partial charge in [-0.05, 0) is 25.1 Å². The first kappa shape index (κ1) is 12.2. The molecule has 6 heteroatoms. The largest absolute Gasteiger partial charge is 0.330 e. The van der Waals surface area contributed by atoms with E-state index in [0.29, 0.717) is 11.0 Å². The average Bonchev–Trinajstić information content (AvgIpc) is 2.64. The predicted octanol–water partition coefficient (Wildman–Crippen LogP) is 3.18. The van der Waals surface area contributed by atoms with E-state index in [2.05, 4.69) is 30.6 Å². The SMILES string of the molecule is CC(=O)Cc1nsc(Nc2cccc(Br)c2)n1. The van der Waals surface area contributed by atoms with Crippen LogP contribution in [0.25, 0.3) is 0 Å². The topological polar surface area (TPSA) is 54.9 Å². The van der Waals surface area contributed by atoms with Crippen LogP contribution in [0.5, 0.6) is 0 Å². The fourth-order valence-corrected chi connectivity index (χ4v) is 2.30. The van der Waals surface area contributed by atoms with Gasteiger partial charge in [-0.25, -0.2) is 4.98 Å². The molecular weight excluding hydrogens is 302 g/mol. The van der Waals surface area contributed by atoms with Gasteiger partial charge in [-0.15, -0.1) is 0 Å². The normalized spacial score (nSPS) is 10.2. The van der Waals surface area contributed by atoms with Gasteiger partial charge in [0.05, 0.1) is 6.42 Å². The van der Waals surface area contributed by atoms with Crippen molar-refractivity contribution in [3.05, 3.63) is 34.6 Å². The molecule has 0 saturated carbocycles. The number of rotatable bonds is 4. The van der Waals surface area contributed by atoms with Crippen LogP contribution in [0.1, 0.15) is 12.7 Å². The van der Waals surface area contributed by atoms with Crippen molar-refractivity contribution in [3.63, 3.8) is 0 Å². The van der Waals surface area contributed by atoms with Crippen molar-refractivity contribution in [1.29, 1.82) is 0 Å². The number of halogens is 1. The molecule has 0 bridgehead atoms. The molecule has 88 valence electrons. The van der Waals surface area contributed by atoms with Crippen molar-refractivity contribution >= 4 is 44.1 Å². The van der Waals surface area contributed by atoms with Crippen molar-refractivity contribution < 1.29 is 4.79 Å². The number of carbonyl (C=O) groups is 1. The minimum Gasteiger partial charge on any atom is -0.330 e. The molecular formula is C11H10BrN3OS. The summed E-state index contributed by atoms with van der Waals surface area (Å²) in [6, 6.07) is 7.78. The Kier molecular flexibility index (Phi) is 3.86. The molecule has 1 heterocycles. The van der Waals surface area contributed by atoms with E-state index in [1.165, 1.54) is 18.5 Å². The zero-order valence-electron chi connectivity index (χ0n) is 9.11. The number of hydrogen-bond acceptors (Lipinski definition) is 5. The second kappa shape index (κ2) is 5.37. The molecule has 0 atom stereocenters. The maximum absolute atomic E-state index is 10.9. The Balaban J connectivity index is 2.08. The number of nitrogens with zero attached hydrogens (tertiary/aromatic N) is 2. The molecule has 0 spiro atoms. The lowest BCUT2D eigenvalue weighted by Gasteiger charge is -2.01. The summed E-state index contributed by atoms with van der Waals surface area (Å²) in [7, 11) is 0. The summed E-state index contributed by atoms with van der Waals surface area (Å²) >= 11 is 4.65. The van der Waals surface area contributed by atoms with Gasteiger partial charge >= 0.3 is 0 Å². The number of nitrogens with one attached hydrogen (secondary N) is 1. The van der Waals surface area contributed by atoms with E-state index in [1.807, 2.05) is 24.3 Å². The number of aromatic nitrogens is 2. The first-order chi connectivity index (χ1) is 8.13. The third-order valence-corrected chi connectivity index (χ3v) is 3.11. The van der Waals surface area contributed by atoms with Gasteiger partial charge in [-0.2, -0.15) is 4.37 Å². The van der Waals surface area contributed by atoms with E-state index in [0.717, 1.165) is 10.2 Å². The van der Waals surface area contributed by atoms with Crippen LogP contribution in [0.15, 0.2) is 28.7 Å². The molecule has 2 aromatic rings. The van der Waals surface area contributed by atoms with Crippen LogP contribution in [0.4, 0.5) is 10.8 Å². The van der Waals surface area contributed by atoms with Crippen LogP contribution < -0.4 is 5.32 Å². The molecule has 1 N–H and O–H groups in total. The number of hydrogen-bond donors (Lipinski definition) is 1. The lowest BCUT2D eigenvalue weighted by molar-refractivity contribution is -0.116. The highest BCUT2D eigenvalue weighted by atomic mass is 79.9. The molecule has 1 aromatic carbocycles. The Morgan fingerprint density at radius 2 is 2.35 bits per heavy atom. The molecule has 0 aliphatic carbocycles. The minimum atomic E-state index is 0.0665. The van der Waals surface area contributed by atoms with Crippen molar-refractivity contribution in [2.24, 2.45) is 0 Å². The highest BCUT2D eigenvalue weighted by Gasteiger charge is 2.06. The molecule has 1 aromatic heterocycles. The van der Waals surface area contributed by atoms with Crippen molar-refractivity contribution in [2.75, 3.05) is 5.32 Å². The van der Waals surface area contributed by atoms with Gasteiger partial charge in [0, 0.05) is 21.7 Å². The Morgan fingerprint density at radius 3 is 3.06 bits per heavy atom. The Morgan fingerprint density at radius 1 is 1.53 bits per heavy atom. The second-order valence-electron chi connectivity index (χ2n) is 3.53. The van der Waals surface area contributed by atoms with Gasteiger partial charge in [0.25, 0.3) is 0 Å². The smallest absolute Gasteiger partial charge is 0.207 e. The Hall–Kier alpha value is -1.27. The quantitative estimate of drug-likeness (QED) is 0.942. The Bertz CT molecular complexity index is 541. The van der Waals surface area contributed by atoms with Gasteiger partial charge < -0.3 is 5.32 Å². The number of anilines is 2. The third kappa shape index (κ3) is 3.61. The minimum absolute atomic E-state index is 0.0665. The van der Waals surface area contributed by atoms with E-state index >= 15 is 0 Å². The summed E-state index contributed by atoms with van der Waals surface area (Å²) < 4.78 is 5.11. The van der Waals surface area contributed by atoms with Crippen molar-refractivity contribution in [1.82, 2.24) is 9.36 Å². The predicted molar refractivity (Wildman–Crippen MR) is 71.7 cm³/mol. The van der Waals surface area contributed by atoms with Gasteiger partial charge in [0.15, 0.2) is 5.82 Å². The van der Waals surface area contributed by atoms with E-state index in [-0.39, 0.29) is 12.2 Å². The second-order valence-corrected chi connectivity index (χ2v) is 5.20. The van der Waals surface area contributed by atoms with Gasteiger partial charge in [-0.3, -0.25) is 4.79 Å². The van der Waals surface area contributed by atoms with E-state index in [1.54, 1.807) is 0 Å². The van der Waals surface area contributed by atoms with E-state index < -0.39 is 0 Å². The van der Waals surface area contributed by atoms with Gasteiger partial charge in [0.2, 0.25) is 5.13 Å². The Labute approximate surface area is 111 Å². The van der Waals surface area contributed by atoms with Crippen LogP contribution in [-0.4, -0.2) is 15.1 Å². The molecule has 0 saturated heterocycles. The zero-order valence-corrected chi connectivity index (χ0v) is 11.5. The number of ketones is 1. The van der Waals surface area contributed by atoms with E-state index in [4.69, 9.17) is 0 Å². The first-order valence-corrected chi connectivity index (χ1v) is 6.55. The molecule has 4 nitrogen and oxygen atoms in total. The molecule has 0 fully saturated rings. The lowest BCUT2D eigenvalue weighted by Crippen LogP contribution is -1.98. The molecule has 17 heavy (non-hydrogen) atoms. The number of carbonyl (C=O) groups excluding carboxylic acids is 1. The van der Waals surface area contributed by atoms with Crippen LogP contribution in [0, 0.1) is 0 Å².